The summed E-state index contributed by atoms with van der Waals surface area (Å²) in [6.45, 7) is 1.48. The van der Waals surface area contributed by atoms with Gasteiger partial charge in [-0.3, -0.25) is 14.7 Å². The number of hydrogen-bond donors (Lipinski definition) is 2. The van der Waals surface area contributed by atoms with E-state index in [0.29, 0.717) is 23.8 Å². The zero-order valence-corrected chi connectivity index (χ0v) is 16.7. The molecule has 0 aromatic carbocycles. The van der Waals surface area contributed by atoms with Crippen LogP contribution in [-0.4, -0.2) is 46.0 Å². The van der Waals surface area contributed by atoms with E-state index in [0.717, 1.165) is 50.9 Å². The molecule has 29 heavy (non-hydrogen) atoms. The molecule has 1 saturated carbocycles. The zero-order valence-electron chi connectivity index (χ0n) is 16.7. The van der Waals surface area contributed by atoms with E-state index >= 15 is 0 Å². The predicted octanol–water partition coefficient (Wildman–Crippen LogP) is 2.48. The molecule has 2 aliphatic carbocycles. The number of carbonyl (C=O) groups is 2. The molecule has 7 nitrogen and oxygen atoms in total. The standard InChI is InChI=1S/C22H28N4O3/c27-20(8-7-19-17-3-1-2-4-18(17)24-25-19)26-11-14-5-6-15(12-26)21(14)23-22(28)16-9-10-29-13-16/h9-10,13-15,21H,1-8,11-12H2,(H,23,28)(H,24,25)/t14-,15+,21?. The Hall–Kier alpha value is -2.57. The van der Waals surface area contributed by atoms with Crippen LogP contribution in [0.4, 0.5) is 0 Å². The van der Waals surface area contributed by atoms with Gasteiger partial charge in [-0.25, -0.2) is 0 Å². The zero-order chi connectivity index (χ0) is 19.8. The van der Waals surface area contributed by atoms with Gasteiger partial charge in [-0.2, -0.15) is 5.10 Å². The number of hydrogen-bond acceptors (Lipinski definition) is 4. The number of rotatable bonds is 5. The summed E-state index contributed by atoms with van der Waals surface area (Å²) in [4.78, 5) is 27.3. The van der Waals surface area contributed by atoms with Crippen molar-refractivity contribution in [3.05, 3.63) is 41.1 Å². The monoisotopic (exact) mass is 396 g/mol. The van der Waals surface area contributed by atoms with Gasteiger partial charge >= 0.3 is 0 Å². The van der Waals surface area contributed by atoms with E-state index in [-0.39, 0.29) is 17.9 Å². The molecule has 3 atom stereocenters. The Morgan fingerprint density at radius 2 is 2.00 bits per heavy atom. The second-order valence-electron chi connectivity index (χ2n) is 8.74. The molecule has 1 unspecified atom stereocenters. The Labute approximate surface area is 170 Å². The van der Waals surface area contributed by atoms with Crippen LogP contribution in [0.25, 0.3) is 0 Å². The van der Waals surface area contributed by atoms with E-state index < -0.39 is 0 Å². The van der Waals surface area contributed by atoms with Gasteiger partial charge < -0.3 is 14.6 Å². The van der Waals surface area contributed by atoms with Crippen LogP contribution >= 0.6 is 0 Å². The van der Waals surface area contributed by atoms with E-state index in [1.165, 1.54) is 36.6 Å². The summed E-state index contributed by atoms with van der Waals surface area (Å²) in [6, 6.07) is 1.84. The van der Waals surface area contributed by atoms with E-state index in [2.05, 4.69) is 15.5 Å². The van der Waals surface area contributed by atoms with Crippen LogP contribution < -0.4 is 5.32 Å². The summed E-state index contributed by atoms with van der Waals surface area (Å²) in [5, 5.41) is 10.8. The summed E-state index contributed by atoms with van der Waals surface area (Å²) < 4.78 is 5.01. The first-order valence-corrected chi connectivity index (χ1v) is 10.8. The lowest BCUT2D eigenvalue weighted by Gasteiger charge is -2.38. The SMILES string of the molecule is O=C(NC1[C@@H]2CC[C@H]1CN(C(=O)CCc1n[nH]c3c1CCCC3)C2)c1ccoc1. The Morgan fingerprint density at radius 1 is 1.21 bits per heavy atom. The molecular formula is C22H28N4O3. The molecule has 5 rings (SSSR count). The van der Waals surface area contributed by atoms with Crippen molar-refractivity contribution in [1.82, 2.24) is 20.4 Å². The van der Waals surface area contributed by atoms with Crippen LogP contribution in [0.3, 0.4) is 0 Å². The number of nitrogens with one attached hydrogen (secondary N) is 2. The molecule has 2 aromatic rings. The largest absolute Gasteiger partial charge is 0.472 e. The lowest BCUT2D eigenvalue weighted by Crippen LogP contribution is -2.54. The highest BCUT2D eigenvalue weighted by atomic mass is 16.3. The summed E-state index contributed by atoms with van der Waals surface area (Å²) in [6.07, 6.45) is 11.0. The summed E-state index contributed by atoms with van der Waals surface area (Å²) >= 11 is 0. The number of likely N-dealkylation sites (tertiary alicyclic amines) is 1. The molecular weight excluding hydrogens is 368 g/mol. The maximum absolute atomic E-state index is 12.9. The Kier molecular flexibility index (Phi) is 4.89. The molecule has 0 radical (unpaired) electrons. The maximum atomic E-state index is 12.9. The first-order chi connectivity index (χ1) is 14.2. The predicted molar refractivity (Wildman–Crippen MR) is 106 cm³/mol. The van der Waals surface area contributed by atoms with Crippen molar-refractivity contribution in [2.75, 3.05) is 13.1 Å². The van der Waals surface area contributed by atoms with Gasteiger partial charge in [-0.15, -0.1) is 0 Å². The van der Waals surface area contributed by atoms with Crippen molar-refractivity contribution in [1.29, 1.82) is 0 Å². The number of piperidine rings is 1. The number of fused-ring (bicyclic) bond motifs is 3. The smallest absolute Gasteiger partial charge is 0.254 e. The van der Waals surface area contributed by atoms with E-state index in [4.69, 9.17) is 4.42 Å². The van der Waals surface area contributed by atoms with Crippen molar-refractivity contribution < 1.29 is 14.0 Å². The molecule has 2 amide bonds. The molecule has 2 N–H and O–H groups in total. The van der Waals surface area contributed by atoms with Gasteiger partial charge in [0.05, 0.1) is 17.5 Å². The van der Waals surface area contributed by atoms with Crippen LogP contribution in [0.1, 0.15) is 59.4 Å². The topological polar surface area (TPSA) is 91.2 Å². The van der Waals surface area contributed by atoms with Gasteiger partial charge in [-0.1, -0.05) is 0 Å². The minimum atomic E-state index is -0.0799. The molecule has 2 fully saturated rings. The number of aromatic nitrogens is 2. The van der Waals surface area contributed by atoms with Gasteiger partial charge in [0.15, 0.2) is 0 Å². The van der Waals surface area contributed by atoms with Crippen molar-refractivity contribution >= 4 is 11.8 Å². The minimum absolute atomic E-state index is 0.0799. The molecule has 2 aromatic heterocycles. The molecule has 1 aliphatic heterocycles. The van der Waals surface area contributed by atoms with Gasteiger partial charge in [0, 0.05) is 37.7 Å². The molecule has 3 aliphatic rings. The fourth-order valence-electron chi connectivity index (χ4n) is 5.43. The second kappa shape index (κ2) is 7.69. The number of amides is 2. The van der Waals surface area contributed by atoms with Gasteiger partial charge in [0.1, 0.15) is 6.26 Å². The van der Waals surface area contributed by atoms with Gasteiger partial charge in [0.2, 0.25) is 5.91 Å². The van der Waals surface area contributed by atoms with Crippen molar-refractivity contribution in [3.63, 3.8) is 0 Å². The third-order valence-electron chi connectivity index (χ3n) is 6.99. The van der Waals surface area contributed by atoms with Crippen LogP contribution in [0.15, 0.2) is 23.0 Å². The van der Waals surface area contributed by atoms with E-state index in [1.807, 2.05) is 4.90 Å². The molecule has 1 saturated heterocycles. The normalized spacial score (nSPS) is 25.7. The summed E-state index contributed by atoms with van der Waals surface area (Å²) in [7, 11) is 0. The Balaban J connectivity index is 1.17. The fourth-order valence-corrected chi connectivity index (χ4v) is 5.43. The van der Waals surface area contributed by atoms with Crippen molar-refractivity contribution in [2.24, 2.45) is 11.8 Å². The quantitative estimate of drug-likeness (QED) is 0.812. The van der Waals surface area contributed by atoms with Crippen molar-refractivity contribution in [3.8, 4) is 0 Å². The summed E-state index contributed by atoms with van der Waals surface area (Å²) in [5.74, 6) is 0.816. The number of aryl methyl sites for hydroxylation is 2. The maximum Gasteiger partial charge on any atom is 0.254 e. The lowest BCUT2D eigenvalue weighted by atomic mass is 9.91. The molecule has 7 heteroatoms. The van der Waals surface area contributed by atoms with E-state index in [1.54, 1.807) is 6.07 Å². The first-order valence-electron chi connectivity index (χ1n) is 10.8. The second-order valence-corrected chi connectivity index (χ2v) is 8.74. The average molecular weight is 396 g/mol. The van der Waals surface area contributed by atoms with Crippen LogP contribution in [0.5, 0.6) is 0 Å². The number of H-pyrrole nitrogens is 1. The third kappa shape index (κ3) is 3.58. The van der Waals surface area contributed by atoms with Crippen LogP contribution in [0.2, 0.25) is 0 Å². The number of aromatic amines is 1. The van der Waals surface area contributed by atoms with Gasteiger partial charge in [-0.05, 0) is 62.0 Å². The first kappa shape index (κ1) is 18.5. The van der Waals surface area contributed by atoms with Crippen molar-refractivity contribution in [2.45, 2.75) is 57.4 Å². The highest BCUT2D eigenvalue weighted by Crippen LogP contribution is 2.37. The Bertz CT molecular complexity index is 874. The highest BCUT2D eigenvalue weighted by molar-refractivity contribution is 5.94. The molecule has 154 valence electrons. The average Bonchev–Trinajstić information content (AvgIpc) is 3.45. The Morgan fingerprint density at radius 3 is 2.76 bits per heavy atom. The van der Waals surface area contributed by atoms with Gasteiger partial charge in [0.25, 0.3) is 5.91 Å². The lowest BCUT2D eigenvalue weighted by molar-refractivity contribution is -0.133. The molecule has 3 heterocycles. The molecule has 0 spiro atoms. The van der Waals surface area contributed by atoms with E-state index in [9.17, 15) is 9.59 Å². The number of furan rings is 1. The fraction of sp³-hybridized carbons (Fsp3) is 0.591. The molecule has 2 bridgehead atoms. The third-order valence-corrected chi connectivity index (χ3v) is 6.99. The minimum Gasteiger partial charge on any atom is -0.472 e. The van der Waals surface area contributed by atoms with Crippen LogP contribution in [-0.2, 0) is 24.1 Å². The number of nitrogens with zero attached hydrogens (tertiary/aromatic N) is 2. The van der Waals surface area contributed by atoms with Crippen LogP contribution in [0, 0.1) is 11.8 Å². The summed E-state index contributed by atoms with van der Waals surface area (Å²) in [5.41, 5.74) is 4.26. The highest BCUT2D eigenvalue weighted by Gasteiger charge is 2.44. The number of carbonyl (C=O) groups excluding carboxylic acids is 2.